The number of amides is 2. The number of hydrogen-bond donors (Lipinski definition) is 1. The Labute approximate surface area is 160 Å². The standard InChI is InChI=1S/C16H20F3N3O5S/c1-2-27-15(24)20-14(23)11-21-6-8-22(9-7-21)28(25,26)13-5-3-4-12(10-13)16(17,18)19/h3-5,10H,2,6-9,11H2,1H3,(H,20,23,24). The number of alkyl carbamates (subject to hydrolysis) is 1. The maximum Gasteiger partial charge on any atom is 0.416 e. The molecule has 156 valence electrons. The predicted molar refractivity (Wildman–Crippen MR) is 91.8 cm³/mol. The van der Waals surface area contributed by atoms with Gasteiger partial charge in [0.25, 0.3) is 0 Å². The first kappa shape index (κ1) is 22.1. The Morgan fingerprint density at radius 2 is 1.82 bits per heavy atom. The molecule has 1 saturated heterocycles. The zero-order valence-electron chi connectivity index (χ0n) is 15.0. The fourth-order valence-electron chi connectivity index (χ4n) is 2.63. The molecule has 0 atom stereocenters. The van der Waals surface area contributed by atoms with E-state index in [4.69, 9.17) is 0 Å². The predicted octanol–water partition coefficient (Wildman–Crippen LogP) is 1.28. The van der Waals surface area contributed by atoms with Crippen molar-refractivity contribution in [1.29, 1.82) is 0 Å². The van der Waals surface area contributed by atoms with E-state index in [-0.39, 0.29) is 39.3 Å². The first-order valence-electron chi connectivity index (χ1n) is 8.40. The summed E-state index contributed by atoms with van der Waals surface area (Å²) in [4.78, 5) is 24.1. The molecule has 1 fully saturated rings. The third-order valence-electron chi connectivity index (χ3n) is 4.01. The van der Waals surface area contributed by atoms with E-state index in [0.29, 0.717) is 6.07 Å². The van der Waals surface area contributed by atoms with Crippen LogP contribution >= 0.6 is 0 Å². The summed E-state index contributed by atoms with van der Waals surface area (Å²) in [7, 11) is -4.09. The van der Waals surface area contributed by atoms with E-state index in [2.05, 4.69) is 4.74 Å². The van der Waals surface area contributed by atoms with Crippen LogP contribution in [0.15, 0.2) is 29.2 Å². The van der Waals surface area contributed by atoms with Crippen LogP contribution in [0.3, 0.4) is 0 Å². The summed E-state index contributed by atoms with van der Waals surface area (Å²) in [5.41, 5.74) is -1.04. The number of nitrogens with zero attached hydrogens (tertiary/aromatic N) is 2. The highest BCUT2D eigenvalue weighted by molar-refractivity contribution is 7.89. The summed E-state index contributed by atoms with van der Waals surface area (Å²) in [6, 6.07) is 3.57. The van der Waals surface area contributed by atoms with Crippen molar-refractivity contribution in [2.24, 2.45) is 0 Å². The number of piperazine rings is 1. The fourth-order valence-corrected chi connectivity index (χ4v) is 4.10. The van der Waals surface area contributed by atoms with E-state index in [1.165, 1.54) is 0 Å². The first-order chi connectivity index (χ1) is 13.0. The molecule has 2 rings (SSSR count). The molecule has 0 spiro atoms. The Hall–Kier alpha value is -2.18. The molecule has 1 aliphatic heterocycles. The normalized spacial score (nSPS) is 16.6. The number of hydrogen-bond acceptors (Lipinski definition) is 6. The Morgan fingerprint density at radius 3 is 2.39 bits per heavy atom. The van der Waals surface area contributed by atoms with E-state index in [0.717, 1.165) is 22.5 Å². The summed E-state index contributed by atoms with van der Waals surface area (Å²) < 4.78 is 69.4. The van der Waals surface area contributed by atoms with Gasteiger partial charge in [-0.3, -0.25) is 15.0 Å². The van der Waals surface area contributed by atoms with Gasteiger partial charge in [-0.2, -0.15) is 17.5 Å². The van der Waals surface area contributed by atoms with Crippen LogP contribution in [0.2, 0.25) is 0 Å². The minimum atomic E-state index is -4.64. The fraction of sp³-hybridized carbons (Fsp3) is 0.500. The number of alkyl halides is 3. The quantitative estimate of drug-likeness (QED) is 0.767. The molecule has 2 amide bonds. The van der Waals surface area contributed by atoms with Gasteiger partial charge < -0.3 is 4.74 Å². The maximum atomic E-state index is 12.8. The zero-order chi connectivity index (χ0) is 20.9. The summed E-state index contributed by atoms with van der Waals surface area (Å²) in [6.07, 6.45) is -5.51. The molecule has 1 N–H and O–H groups in total. The van der Waals surface area contributed by atoms with Gasteiger partial charge in [0.1, 0.15) is 0 Å². The molecule has 1 aromatic rings. The number of carbonyl (C=O) groups excluding carboxylic acids is 2. The molecule has 0 saturated carbocycles. The summed E-state index contributed by atoms with van der Waals surface area (Å²) in [6.45, 7) is 1.97. The number of halogens is 3. The van der Waals surface area contributed by atoms with Gasteiger partial charge in [0.15, 0.2) is 0 Å². The smallest absolute Gasteiger partial charge is 0.416 e. The molecule has 1 heterocycles. The SMILES string of the molecule is CCOC(=O)NC(=O)CN1CCN(S(=O)(=O)c2cccc(C(F)(F)F)c2)CC1. The molecule has 28 heavy (non-hydrogen) atoms. The summed E-state index contributed by atoms with van der Waals surface area (Å²) in [5, 5.41) is 2.04. The van der Waals surface area contributed by atoms with E-state index in [9.17, 15) is 31.2 Å². The van der Waals surface area contributed by atoms with Gasteiger partial charge in [-0.25, -0.2) is 13.2 Å². The molecule has 8 nitrogen and oxygen atoms in total. The van der Waals surface area contributed by atoms with E-state index < -0.39 is 38.7 Å². The lowest BCUT2D eigenvalue weighted by Crippen LogP contribution is -2.51. The minimum absolute atomic E-state index is 0.00522. The minimum Gasteiger partial charge on any atom is -0.450 e. The van der Waals surface area contributed by atoms with Gasteiger partial charge in [0.05, 0.1) is 23.6 Å². The van der Waals surface area contributed by atoms with Crippen molar-refractivity contribution < 1.29 is 35.9 Å². The number of rotatable bonds is 5. The van der Waals surface area contributed by atoms with Crippen molar-refractivity contribution >= 4 is 22.0 Å². The molecule has 0 radical (unpaired) electrons. The number of imide groups is 1. The number of ether oxygens (including phenoxy) is 1. The highest BCUT2D eigenvalue weighted by Gasteiger charge is 2.34. The second kappa shape index (κ2) is 8.88. The van der Waals surface area contributed by atoms with Crippen molar-refractivity contribution in [3.8, 4) is 0 Å². The van der Waals surface area contributed by atoms with Crippen LogP contribution in [-0.2, 0) is 25.7 Å². The third kappa shape index (κ3) is 5.66. The number of benzene rings is 1. The van der Waals surface area contributed by atoms with E-state index >= 15 is 0 Å². The van der Waals surface area contributed by atoms with Crippen LogP contribution in [0.25, 0.3) is 0 Å². The zero-order valence-corrected chi connectivity index (χ0v) is 15.8. The third-order valence-corrected chi connectivity index (χ3v) is 5.91. The van der Waals surface area contributed by atoms with Crippen LogP contribution in [0, 0.1) is 0 Å². The van der Waals surface area contributed by atoms with Crippen LogP contribution in [-0.4, -0.2) is 69.0 Å². The number of nitrogens with one attached hydrogen (secondary N) is 1. The van der Waals surface area contributed by atoms with Crippen LogP contribution in [0.4, 0.5) is 18.0 Å². The van der Waals surface area contributed by atoms with Gasteiger partial charge in [-0.15, -0.1) is 0 Å². The average molecular weight is 423 g/mol. The first-order valence-corrected chi connectivity index (χ1v) is 9.84. The molecular weight excluding hydrogens is 403 g/mol. The molecule has 12 heteroatoms. The van der Waals surface area contributed by atoms with E-state index in [1.54, 1.807) is 11.8 Å². The Bertz CT molecular complexity index is 821. The number of carbonyl (C=O) groups is 2. The molecule has 1 aliphatic rings. The van der Waals surface area contributed by atoms with E-state index in [1.807, 2.05) is 5.32 Å². The molecule has 1 aromatic carbocycles. The van der Waals surface area contributed by atoms with Crippen molar-refractivity contribution in [2.45, 2.75) is 18.0 Å². The summed E-state index contributed by atoms with van der Waals surface area (Å²) in [5.74, 6) is -0.590. The highest BCUT2D eigenvalue weighted by Crippen LogP contribution is 2.31. The van der Waals surface area contributed by atoms with Crippen LogP contribution < -0.4 is 5.32 Å². The maximum absolute atomic E-state index is 12.8. The largest absolute Gasteiger partial charge is 0.450 e. The lowest BCUT2D eigenvalue weighted by Gasteiger charge is -2.33. The second-order valence-corrected chi connectivity index (χ2v) is 7.91. The molecule has 0 bridgehead atoms. The van der Waals surface area contributed by atoms with Gasteiger partial charge in [0, 0.05) is 26.2 Å². The van der Waals surface area contributed by atoms with Crippen molar-refractivity contribution in [3.05, 3.63) is 29.8 Å². The topological polar surface area (TPSA) is 96.0 Å². The van der Waals surface area contributed by atoms with Crippen molar-refractivity contribution in [1.82, 2.24) is 14.5 Å². The van der Waals surface area contributed by atoms with Gasteiger partial charge in [-0.05, 0) is 25.1 Å². The van der Waals surface area contributed by atoms with Crippen LogP contribution in [0.5, 0.6) is 0 Å². The lowest BCUT2D eigenvalue weighted by atomic mass is 10.2. The lowest BCUT2D eigenvalue weighted by molar-refractivity contribution is -0.137. The Morgan fingerprint density at radius 1 is 1.18 bits per heavy atom. The molecule has 0 aliphatic carbocycles. The van der Waals surface area contributed by atoms with Gasteiger partial charge >= 0.3 is 12.3 Å². The Kier molecular flexibility index (Phi) is 7.01. The van der Waals surface area contributed by atoms with Gasteiger partial charge in [0.2, 0.25) is 15.9 Å². The molecule has 0 aromatic heterocycles. The second-order valence-electron chi connectivity index (χ2n) is 5.97. The average Bonchev–Trinajstić information content (AvgIpc) is 2.61. The van der Waals surface area contributed by atoms with Crippen molar-refractivity contribution in [3.63, 3.8) is 0 Å². The summed E-state index contributed by atoms with van der Waals surface area (Å²) >= 11 is 0. The molecular formula is C16H20F3N3O5S. The highest BCUT2D eigenvalue weighted by atomic mass is 32.2. The Balaban J connectivity index is 1.97. The number of sulfonamides is 1. The van der Waals surface area contributed by atoms with Crippen molar-refractivity contribution in [2.75, 3.05) is 39.3 Å². The van der Waals surface area contributed by atoms with Gasteiger partial charge in [-0.1, -0.05) is 6.07 Å². The monoisotopic (exact) mass is 423 g/mol. The molecule has 0 unspecified atom stereocenters. The van der Waals surface area contributed by atoms with Crippen LogP contribution in [0.1, 0.15) is 12.5 Å².